The maximum atomic E-state index is 12.8. The highest BCUT2D eigenvalue weighted by molar-refractivity contribution is 6.31. The maximum Gasteiger partial charge on any atom is 0.227 e. The van der Waals surface area contributed by atoms with Gasteiger partial charge in [-0.05, 0) is 35.7 Å². The molecule has 1 aliphatic rings. The fraction of sp³-hybridized carbons (Fsp3) is 0.231. The Morgan fingerprint density at radius 1 is 0.968 bits per heavy atom. The van der Waals surface area contributed by atoms with Gasteiger partial charge >= 0.3 is 0 Å². The Balaban J connectivity index is 1.37. The molecule has 0 saturated carbocycles. The van der Waals surface area contributed by atoms with E-state index in [1.807, 2.05) is 48.5 Å². The number of rotatable bonds is 7. The topological polar surface area (TPSA) is 49.4 Å². The first-order valence-electron chi connectivity index (χ1n) is 10.6. The molecule has 1 N–H and O–H groups in total. The molecule has 4 nitrogen and oxygen atoms in total. The quantitative estimate of drug-likeness (QED) is 0.569. The molecule has 0 unspecified atom stereocenters. The van der Waals surface area contributed by atoms with Crippen LogP contribution in [0.1, 0.15) is 29.9 Å². The zero-order valence-corrected chi connectivity index (χ0v) is 18.0. The molecule has 4 rings (SSSR count). The minimum Gasteiger partial charge on any atom is -0.356 e. The second-order valence-corrected chi connectivity index (χ2v) is 8.28. The number of hydrogen-bond donors (Lipinski definition) is 1. The molecule has 1 heterocycles. The first kappa shape index (κ1) is 21.1. The van der Waals surface area contributed by atoms with Crippen LogP contribution in [-0.2, 0) is 9.59 Å². The van der Waals surface area contributed by atoms with Gasteiger partial charge in [-0.3, -0.25) is 9.59 Å². The molecular weight excluding hydrogens is 408 g/mol. The Kier molecular flexibility index (Phi) is 6.68. The van der Waals surface area contributed by atoms with Gasteiger partial charge in [-0.15, -0.1) is 0 Å². The number of carbonyl (C=O) groups is 2. The van der Waals surface area contributed by atoms with Crippen molar-refractivity contribution in [1.82, 2.24) is 5.32 Å². The summed E-state index contributed by atoms with van der Waals surface area (Å²) in [7, 11) is 0. The zero-order valence-electron chi connectivity index (χ0n) is 17.2. The van der Waals surface area contributed by atoms with Gasteiger partial charge in [-0.2, -0.15) is 0 Å². The monoisotopic (exact) mass is 432 g/mol. The fourth-order valence-corrected chi connectivity index (χ4v) is 4.34. The van der Waals surface area contributed by atoms with Crippen molar-refractivity contribution in [3.63, 3.8) is 0 Å². The summed E-state index contributed by atoms with van der Waals surface area (Å²) in [6.07, 6.45) is 1.01. The van der Waals surface area contributed by atoms with Crippen molar-refractivity contribution in [2.24, 2.45) is 5.92 Å². The predicted molar refractivity (Wildman–Crippen MR) is 124 cm³/mol. The van der Waals surface area contributed by atoms with Crippen LogP contribution in [-0.4, -0.2) is 24.9 Å². The molecule has 0 aliphatic carbocycles. The summed E-state index contributed by atoms with van der Waals surface area (Å²) >= 11 is 6.05. The Bertz CT molecular complexity index is 1000. The third-order valence-corrected chi connectivity index (χ3v) is 5.99. The molecule has 2 amide bonds. The van der Waals surface area contributed by atoms with Crippen LogP contribution in [0.15, 0.2) is 84.9 Å². The summed E-state index contributed by atoms with van der Waals surface area (Å²) in [6, 6.07) is 27.8. The van der Waals surface area contributed by atoms with Gasteiger partial charge in [-0.1, -0.05) is 78.3 Å². The van der Waals surface area contributed by atoms with Crippen LogP contribution < -0.4 is 10.2 Å². The second-order valence-electron chi connectivity index (χ2n) is 7.84. The molecule has 5 heteroatoms. The summed E-state index contributed by atoms with van der Waals surface area (Å²) in [5.41, 5.74) is 3.19. The number of nitrogens with zero attached hydrogens (tertiary/aromatic N) is 1. The van der Waals surface area contributed by atoms with Crippen LogP contribution in [0.4, 0.5) is 5.69 Å². The van der Waals surface area contributed by atoms with Gasteiger partial charge < -0.3 is 10.2 Å². The zero-order chi connectivity index (χ0) is 21.6. The average molecular weight is 433 g/mol. The van der Waals surface area contributed by atoms with E-state index in [0.29, 0.717) is 18.1 Å². The number of nitrogens with one attached hydrogen (secondary N) is 1. The van der Waals surface area contributed by atoms with Crippen LogP contribution in [0.25, 0.3) is 0 Å². The summed E-state index contributed by atoms with van der Waals surface area (Å²) in [4.78, 5) is 26.9. The van der Waals surface area contributed by atoms with Crippen LogP contribution in [0.3, 0.4) is 0 Å². The van der Waals surface area contributed by atoms with E-state index in [4.69, 9.17) is 11.6 Å². The van der Waals surface area contributed by atoms with Gasteiger partial charge in [0.15, 0.2) is 0 Å². The largest absolute Gasteiger partial charge is 0.356 e. The van der Waals surface area contributed by atoms with E-state index in [1.54, 1.807) is 17.0 Å². The minimum atomic E-state index is -0.349. The van der Waals surface area contributed by atoms with E-state index in [-0.39, 0.29) is 30.1 Å². The highest BCUT2D eigenvalue weighted by atomic mass is 35.5. The predicted octanol–water partition coefficient (Wildman–Crippen LogP) is 5.03. The lowest BCUT2D eigenvalue weighted by Crippen LogP contribution is -2.34. The molecule has 3 aromatic carbocycles. The van der Waals surface area contributed by atoms with E-state index < -0.39 is 0 Å². The number of benzene rings is 3. The van der Waals surface area contributed by atoms with Gasteiger partial charge in [0.1, 0.15) is 0 Å². The van der Waals surface area contributed by atoms with Gasteiger partial charge in [0.2, 0.25) is 11.8 Å². The molecule has 3 aromatic rings. The minimum absolute atomic E-state index is 0.0473. The molecular formula is C26H25ClN2O2. The highest BCUT2D eigenvalue weighted by Crippen LogP contribution is 2.29. The average Bonchev–Trinajstić information content (AvgIpc) is 3.19. The molecule has 0 spiro atoms. The normalized spacial score (nSPS) is 16.0. The van der Waals surface area contributed by atoms with Crippen molar-refractivity contribution in [3.8, 4) is 0 Å². The summed E-state index contributed by atoms with van der Waals surface area (Å²) in [6.45, 7) is 0.932. The SMILES string of the molecule is O=C(NCCC(c1ccccc1)c1ccccc1)[C@@H]1CC(=O)N(c2cccc(Cl)c2)C1. The fourth-order valence-electron chi connectivity index (χ4n) is 4.16. The van der Waals surface area contributed by atoms with Gasteiger partial charge in [0.25, 0.3) is 0 Å². The molecule has 1 fully saturated rings. The molecule has 0 aromatic heterocycles. The first-order chi connectivity index (χ1) is 15.1. The van der Waals surface area contributed by atoms with E-state index in [9.17, 15) is 9.59 Å². The number of carbonyl (C=O) groups excluding carboxylic acids is 2. The van der Waals surface area contributed by atoms with E-state index in [0.717, 1.165) is 12.1 Å². The summed E-state index contributed by atoms with van der Waals surface area (Å²) in [5, 5.41) is 3.63. The lowest BCUT2D eigenvalue weighted by molar-refractivity contribution is -0.126. The smallest absolute Gasteiger partial charge is 0.227 e. The molecule has 0 radical (unpaired) electrons. The Morgan fingerprint density at radius 2 is 1.61 bits per heavy atom. The van der Waals surface area contributed by atoms with Gasteiger partial charge in [-0.25, -0.2) is 0 Å². The van der Waals surface area contributed by atoms with Gasteiger partial charge in [0, 0.05) is 36.1 Å². The lowest BCUT2D eigenvalue weighted by atomic mass is 9.88. The number of halogens is 1. The van der Waals surface area contributed by atoms with Crippen LogP contribution >= 0.6 is 11.6 Å². The summed E-state index contributed by atoms with van der Waals surface area (Å²) in [5.74, 6) is -0.263. The Hall–Kier alpha value is -3.11. The molecule has 1 saturated heterocycles. The third kappa shape index (κ3) is 5.15. The van der Waals surface area contributed by atoms with E-state index >= 15 is 0 Å². The van der Waals surface area contributed by atoms with Crippen LogP contribution in [0.2, 0.25) is 5.02 Å². The maximum absolute atomic E-state index is 12.8. The highest BCUT2D eigenvalue weighted by Gasteiger charge is 2.35. The molecule has 0 bridgehead atoms. The first-order valence-corrected chi connectivity index (χ1v) is 10.9. The third-order valence-electron chi connectivity index (χ3n) is 5.75. The van der Waals surface area contributed by atoms with Crippen LogP contribution in [0, 0.1) is 5.92 Å². The standard InChI is InChI=1S/C26H25ClN2O2/c27-22-12-7-13-23(17-22)29-18-21(16-25(29)30)26(31)28-15-14-24(19-8-3-1-4-9-19)20-10-5-2-6-11-20/h1-13,17,21,24H,14-16,18H2,(H,28,31)/t21-/m1/s1. The van der Waals surface area contributed by atoms with E-state index in [1.165, 1.54) is 11.1 Å². The summed E-state index contributed by atoms with van der Waals surface area (Å²) < 4.78 is 0. The van der Waals surface area contributed by atoms with Crippen LogP contribution in [0.5, 0.6) is 0 Å². The Morgan fingerprint density at radius 3 is 2.23 bits per heavy atom. The van der Waals surface area contributed by atoms with Crippen molar-refractivity contribution >= 4 is 29.1 Å². The number of hydrogen-bond acceptors (Lipinski definition) is 2. The number of amides is 2. The van der Waals surface area contributed by atoms with Crippen molar-refractivity contribution in [2.75, 3.05) is 18.0 Å². The molecule has 1 atom stereocenters. The van der Waals surface area contributed by atoms with Crippen molar-refractivity contribution in [2.45, 2.75) is 18.8 Å². The van der Waals surface area contributed by atoms with Crippen molar-refractivity contribution < 1.29 is 9.59 Å². The van der Waals surface area contributed by atoms with E-state index in [2.05, 4.69) is 29.6 Å². The van der Waals surface area contributed by atoms with Crippen molar-refractivity contribution in [1.29, 1.82) is 0 Å². The number of anilines is 1. The Labute approximate surface area is 187 Å². The lowest BCUT2D eigenvalue weighted by Gasteiger charge is -2.19. The van der Waals surface area contributed by atoms with Gasteiger partial charge in [0.05, 0.1) is 5.92 Å². The van der Waals surface area contributed by atoms with Crippen molar-refractivity contribution in [3.05, 3.63) is 101 Å². The molecule has 1 aliphatic heterocycles. The molecule has 158 valence electrons. The second kappa shape index (κ2) is 9.80. The molecule has 31 heavy (non-hydrogen) atoms.